The van der Waals surface area contributed by atoms with Gasteiger partial charge in [-0.1, -0.05) is 29.5 Å². The van der Waals surface area contributed by atoms with E-state index in [4.69, 9.17) is 18.9 Å². The van der Waals surface area contributed by atoms with Crippen molar-refractivity contribution in [3.63, 3.8) is 0 Å². The molecule has 0 aliphatic heterocycles. The first-order valence-electron chi connectivity index (χ1n) is 12.4. The van der Waals surface area contributed by atoms with Crippen LogP contribution in [0.2, 0.25) is 0 Å². The van der Waals surface area contributed by atoms with Crippen molar-refractivity contribution < 1.29 is 28.5 Å². The highest BCUT2D eigenvalue weighted by Crippen LogP contribution is 2.38. The van der Waals surface area contributed by atoms with E-state index in [0.717, 1.165) is 22.6 Å². The van der Waals surface area contributed by atoms with Crippen molar-refractivity contribution >= 4 is 29.9 Å². The number of carbonyl (C=O) groups is 2. The van der Waals surface area contributed by atoms with Gasteiger partial charge in [-0.3, -0.25) is 14.2 Å². The van der Waals surface area contributed by atoms with Crippen LogP contribution in [0.15, 0.2) is 70.9 Å². The molecule has 4 rings (SSSR count). The van der Waals surface area contributed by atoms with Gasteiger partial charge in [-0.25, -0.2) is 5.43 Å². The molecule has 1 N–H and O–H groups in total. The third-order valence-corrected chi connectivity index (χ3v) is 6.67. The SMILES string of the molecule is COc1ccc(-c2nnc(SCC(=O)N/N=C/c3cc(OC)c(OC(C)=O)c(OC)c3)n2-c2ccc(C)cc2)cc1. The predicted octanol–water partition coefficient (Wildman–Crippen LogP) is 4.44. The Balaban J connectivity index is 1.49. The monoisotopic (exact) mass is 575 g/mol. The van der Waals surface area contributed by atoms with Crippen LogP contribution in [0.4, 0.5) is 0 Å². The molecule has 0 atom stereocenters. The van der Waals surface area contributed by atoms with Gasteiger partial charge >= 0.3 is 5.97 Å². The summed E-state index contributed by atoms with van der Waals surface area (Å²) in [7, 11) is 4.50. The van der Waals surface area contributed by atoms with Crippen LogP contribution in [-0.2, 0) is 9.59 Å². The fourth-order valence-electron chi connectivity index (χ4n) is 3.78. The van der Waals surface area contributed by atoms with Gasteiger partial charge in [0.2, 0.25) is 5.75 Å². The summed E-state index contributed by atoms with van der Waals surface area (Å²) in [5, 5.41) is 13.4. The summed E-state index contributed by atoms with van der Waals surface area (Å²) >= 11 is 1.23. The molecule has 1 amide bonds. The maximum Gasteiger partial charge on any atom is 0.308 e. The molecular formula is C29H29N5O6S. The average Bonchev–Trinajstić information content (AvgIpc) is 3.40. The number of hydrogen-bond acceptors (Lipinski definition) is 10. The maximum atomic E-state index is 12.6. The first kappa shape index (κ1) is 29.2. The van der Waals surface area contributed by atoms with Crippen LogP contribution in [0, 0.1) is 6.92 Å². The molecule has 0 fully saturated rings. The Hall–Kier alpha value is -4.84. The van der Waals surface area contributed by atoms with Gasteiger partial charge in [0.25, 0.3) is 5.91 Å². The average molecular weight is 576 g/mol. The van der Waals surface area contributed by atoms with E-state index in [1.807, 2.05) is 60.0 Å². The van der Waals surface area contributed by atoms with E-state index in [9.17, 15) is 9.59 Å². The minimum atomic E-state index is -0.512. The molecule has 3 aromatic carbocycles. The van der Waals surface area contributed by atoms with Crippen molar-refractivity contribution in [2.75, 3.05) is 27.1 Å². The van der Waals surface area contributed by atoms with Gasteiger partial charge in [-0.2, -0.15) is 5.10 Å². The predicted molar refractivity (Wildman–Crippen MR) is 155 cm³/mol. The van der Waals surface area contributed by atoms with Crippen molar-refractivity contribution in [3.05, 3.63) is 71.8 Å². The number of ether oxygens (including phenoxy) is 4. The standard InChI is InChI=1S/C29H29N5O6S/c1-18-6-10-22(11-7-18)34-28(21-8-12-23(37-3)13-9-21)32-33-29(34)41-17-26(36)31-30-16-20-14-24(38-4)27(40-19(2)35)25(15-20)39-5/h6-16H,17H2,1-5H3,(H,31,36)/b30-16+. The Bertz CT molecular complexity index is 1530. The molecule has 41 heavy (non-hydrogen) atoms. The van der Waals surface area contributed by atoms with E-state index < -0.39 is 5.97 Å². The largest absolute Gasteiger partial charge is 0.497 e. The van der Waals surface area contributed by atoms with Gasteiger partial charge in [0, 0.05) is 23.7 Å². The van der Waals surface area contributed by atoms with Crippen LogP contribution in [0.1, 0.15) is 18.1 Å². The van der Waals surface area contributed by atoms with E-state index >= 15 is 0 Å². The molecule has 1 aromatic heterocycles. The summed E-state index contributed by atoms with van der Waals surface area (Å²) in [5.74, 6) is 1.29. The number of aryl methyl sites for hydroxylation is 1. The molecule has 0 bridgehead atoms. The lowest BCUT2D eigenvalue weighted by molar-refractivity contribution is -0.132. The van der Waals surface area contributed by atoms with Gasteiger partial charge in [0.05, 0.1) is 33.3 Å². The number of benzene rings is 3. The second-order valence-electron chi connectivity index (χ2n) is 8.64. The van der Waals surface area contributed by atoms with Crippen LogP contribution in [0.25, 0.3) is 17.1 Å². The number of rotatable bonds is 11. The molecule has 0 unspecified atom stereocenters. The fourth-order valence-corrected chi connectivity index (χ4v) is 4.52. The third kappa shape index (κ3) is 7.22. The van der Waals surface area contributed by atoms with Crippen molar-refractivity contribution in [2.24, 2.45) is 5.10 Å². The molecule has 11 nitrogen and oxygen atoms in total. The first-order chi connectivity index (χ1) is 19.8. The molecule has 12 heteroatoms. The second kappa shape index (κ2) is 13.5. The molecule has 4 aromatic rings. The fraction of sp³-hybridized carbons (Fsp3) is 0.207. The Morgan fingerprint density at radius 3 is 2.20 bits per heavy atom. The molecular weight excluding hydrogens is 546 g/mol. The van der Waals surface area contributed by atoms with Gasteiger partial charge < -0.3 is 18.9 Å². The summed E-state index contributed by atoms with van der Waals surface area (Å²) in [4.78, 5) is 24.1. The number of aromatic nitrogens is 3. The number of hydrogen-bond donors (Lipinski definition) is 1. The molecule has 1 heterocycles. The molecule has 0 spiro atoms. The van der Waals surface area contributed by atoms with Crippen molar-refractivity contribution in [2.45, 2.75) is 19.0 Å². The first-order valence-corrected chi connectivity index (χ1v) is 13.4. The number of amides is 1. The topological polar surface area (TPSA) is 126 Å². The zero-order chi connectivity index (χ0) is 29.4. The zero-order valence-electron chi connectivity index (χ0n) is 23.2. The van der Waals surface area contributed by atoms with E-state index in [0.29, 0.717) is 16.5 Å². The second-order valence-corrected chi connectivity index (χ2v) is 9.58. The van der Waals surface area contributed by atoms with E-state index in [-0.39, 0.29) is 28.9 Å². The Morgan fingerprint density at radius 2 is 1.61 bits per heavy atom. The molecule has 0 saturated carbocycles. The third-order valence-electron chi connectivity index (χ3n) is 5.74. The van der Waals surface area contributed by atoms with Gasteiger partial charge in [0.1, 0.15) is 5.75 Å². The van der Waals surface area contributed by atoms with Crippen molar-refractivity contribution in [3.8, 4) is 40.1 Å². The van der Waals surface area contributed by atoms with E-state index in [1.54, 1.807) is 19.2 Å². The molecule has 0 aliphatic carbocycles. The van der Waals surface area contributed by atoms with Crippen molar-refractivity contribution in [1.29, 1.82) is 0 Å². The molecule has 212 valence electrons. The lowest BCUT2D eigenvalue weighted by Gasteiger charge is -2.13. The number of esters is 1. The van der Waals surface area contributed by atoms with Crippen LogP contribution < -0.4 is 24.4 Å². The van der Waals surface area contributed by atoms with Gasteiger partial charge in [0.15, 0.2) is 22.5 Å². The summed E-state index contributed by atoms with van der Waals surface area (Å²) in [5.41, 5.74) is 5.91. The normalized spacial score (nSPS) is 10.9. The lowest BCUT2D eigenvalue weighted by atomic mass is 10.2. The maximum absolute atomic E-state index is 12.6. The molecule has 0 saturated heterocycles. The highest BCUT2D eigenvalue weighted by molar-refractivity contribution is 7.99. The van der Waals surface area contributed by atoms with Crippen LogP contribution in [-0.4, -0.2) is 59.9 Å². The quantitative estimate of drug-likeness (QED) is 0.0908. The summed E-state index contributed by atoms with van der Waals surface area (Å²) in [6.07, 6.45) is 1.43. The lowest BCUT2D eigenvalue weighted by Crippen LogP contribution is -2.20. The van der Waals surface area contributed by atoms with Gasteiger partial charge in [-0.15, -0.1) is 10.2 Å². The van der Waals surface area contributed by atoms with Crippen LogP contribution >= 0.6 is 11.8 Å². The number of nitrogens with one attached hydrogen (secondary N) is 1. The minimum Gasteiger partial charge on any atom is -0.497 e. The smallest absolute Gasteiger partial charge is 0.308 e. The minimum absolute atomic E-state index is 0.0436. The van der Waals surface area contributed by atoms with Crippen LogP contribution in [0.3, 0.4) is 0 Å². The number of thioether (sulfide) groups is 1. The Labute approximate surface area is 241 Å². The summed E-state index contributed by atoms with van der Waals surface area (Å²) in [6, 6.07) is 18.7. The van der Waals surface area contributed by atoms with E-state index in [2.05, 4.69) is 20.7 Å². The van der Waals surface area contributed by atoms with E-state index in [1.165, 1.54) is 39.1 Å². The molecule has 0 radical (unpaired) electrons. The summed E-state index contributed by atoms with van der Waals surface area (Å²) < 4.78 is 23.0. The number of nitrogens with zero attached hydrogens (tertiary/aromatic N) is 4. The molecule has 0 aliphatic rings. The Morgan fingerprint density at radius 1 is 0.951 bits per heavy atom. The highest BCUT2D eigenvalue weighted by Gasteiger charge is 2.18. The number of carbonyl (C=O) groups excluding carboxylic acids is 2. The van der Waals surface area contributed by atoms with Crippen molar-refractivity contribution in [1.82, 2.24) is 20.2 Å². The highest BCUT2D eigenvalue weighted by atomic mass is 32.2. The number of hydrazone groups is 1. The zero-order valence-corrected chi connectivity index (χ0v) is 24.0. The summed E-state index contributed by atoms with van der Waals surface area (Å²) in [6.45, 7) is 3.30. The number of methoxy groups -OCH3 is 3. The Kier molecular flexibility index (Phi) is 9.59. The van der Waals surface area contributed by atoms with Gasteiger partial charge in [-0.05, 0) is 55.5 Å². The van der Waals surface area contributed by atoms with Crippen LogP contribution in [0.5, 0.6) is 23.0 Å².